The predicted molar refractivity (Wildman–Crippen MR) is 82.6 cm³/mol. The molecule has 1 aliphatic carbocycles. The van der Waals surface area contributed by atoms with Gasteiger partial charge >= 0.3 is 0 Å². The summed E-state index contributed by atoms with van der Waals surface area (Å²) in [5, 5.41) is 4.10. The second-order valence-corrected chi connectivity index (χ2v) is 5.75. The van der Waals surface area contributed by atoms with Gasteiger partial charge in [0.1, 0.15) is 0 Å². The minimum Gasteiger partial charge on any atom is -0.333 e. The van der Waals surface area contributed by atoms with E-state index in [9.17, 15) is 4.79 Å². The lowest BCUT2D eigenvalue weighted by Crippen LogP contribution is -2.53. The maximum atomic E-state index is 12.5. The fourth-order valence-electron chi connectivity index (χ4n) is 2.51. The van der Waals surface area contributed by atoms with Crippen molar-refractivity contribution in [2.45, 2.75) is 37.8 Å². The van der Waals surface area contributed by atoms with Crippen molar-refractivity contribution in [1.82, 2.24) is 4.90 Å². The first kappa shape index (κ1) is 16.2. The van der Waals surface area contributed by atoms with Crippen molar-refractivity contribution in [2.75, 3.05) is 6.54 Å². The quantitative estimate of drug-likeness (QED) is 0.850. The molecule has 1 aromatic rings. The van der Waals surface area contributed by atoms with Gasteiger partial charge in [0.2, 0.25) is 5.91 Å². The van der Waals surface area contributed by atoms with Gasteiger partial charge in [-0.25, -0.2) is 0 Å². The first-order chi connectivity index (χ1) is 8.65. The Morgan fingerprint density at radius 2 is 2.21 bits per heavy atom. The van der Waals surface area contributed by atoms with E-state index in [2.05, 4.69) is 12.0 Å². The molecule has 106 valence electrons. The molecule has 0 saturated heterocycles. The summed E-state index contributed by atoms with van der Waals surface area (Å²) < 4.78 is 0. The van der Waals surface area contributed by atoms with Crippen LogP contribution in [-0.4, -0.2) is 22.9 Å². The van der Waals surface area contributed by atoms with Gasteiger partial charge in [0.25, 0.3) is 0 Å². The zero-order chi connectivity index (χ0) is 13.0. The van der Waals surface area contributed by atoms with Crippen LogP contribution in [0.1, 0.15) is 31.2 Å². The van der Waals surface area contributed by atoms with E-state index in [1.807, 2.05) is 16.3 Å². The summed E-state index contributed by atoms with van der Waals surface area (Å²) in [6.07, 6.45) is 5.50. The number of thiophene rings is 1. The van der Waals surface area contributed by atoms with Crippen LogP contribution < -0.4 is 5.73 Å². The predicted octanol–water partition coefficient (Wildman–Crippen LogP) is 2.96. The molecule has 3 nitrogen and oxygen atoms in total. The zero-order valence-electron chi connectivity index (χ0n) is 11.0. The number of carbonyl (C=O) groups is 1. The fraction of sp³-hybridized carbons (Fsp3) is 0.500. The highest BCUT2D eigenvalue weighted by Crippen LogP contribution is 2.29. The van der Waals surface area contributed by atoms with E-state index in [1.54, 1.807) is 17.4 Å². The SMILES string of the molecule is C=CCN(Cc1ccsc1)C(=O)C1(N)CCCC1.Cl. The number of carbonyl (C=O) groups excluding carboxylic acids is 1. The lowest BCUT2D eigenvalue weighted by Gasteiger charge is -2.30. The van der Waals surface area contributed by atoms with Crippen LogP contribution in [0.3, 0.4) is 0 Å². The minimum atomic E-state index is -0.640. The van der Waals surface area contributed by atoms with Crippen LogP contribution in [0.15, 0.2) is 29.5 Å². The second-order valence-electron chi connectivity index (χ2n) is 4.97. The molecule has 0 aliphatic heterocycles. The van der Waals surface area contributed by atoms with E-state index < -0.39 is 5.54 Å². The number of hydrogen-bond acceptors (Lipinski definition) is 3. The topological polar surface area (TPSA) is 46.3 Å². The molecule has 1 saturated carbocycles. The Balaban J connectivity index is 0.00000180. The van der Waals surface area contributed by atoms with Crippen molar-refractivity contribution in [3.05, 3.63) is 35.0 Å². The molecule has 0 aromatic carbocycles. The Kier molecular flexibility index (Phi) is 6.04. The molecule has 19 heavy (non-hydrogen) atoms. The highest BCUT2D eigenvalue weighted by atomic mass is 35.5. The largest absolute Gasteiger partial charge is 0.333 e. The molecular weight excluding hydrogens is 280 g/mol. The van der Waals surface area contributed by atoms with Crippen LogP contribution in [0.5, 0.6) is 0 Å². The van der Waals surface area contributed by atoms with E-state index >= 15 is 0 Å². The fourth-order valence-corrected chi connectivity index (χ4v) is 3.17. The molecule has 1 heterocycles. The first-order valence-electron chi connectivity index (χ1n) is 6.36. The van der Waals surface area contributed by atoms with Gasteiger partial charge in [-0.15, -0.1) is 19.0 Å². The van der Waals surface area contributed by atoms with Gasteiger partial charge in [-0.3, -0.25) is 4.79 Å². The summed E-state index contributed by atoms with van der Waals surface area (Å²) in [7, 11) is 0. The lowest BCUT2D eigenvalue weighted by atomic mass is 9.97. The van der Waals surface area contributed by atoms with E-state index in [1.165, 1.54) is 0 Å². The molecule has 0 radical (unpaired) electrons. The molecule has 1 aromatic heterocycles. The van der Waals surface area contributed by atoms with Crippen LogP contribution in [0.2, 0.25) is 0 Å². The van der Waals surface area contributed by atoms with Crippen LogP contribution in [-0.2, 0) is 11.3 Å². The lowest BCUT2D eigenvalue weighted by molar-refractivity contribution is -0.136. The third-order valence-electron chi connectivity index (χ3n) is 3.51. The van der Waals surface area contributed by atoms with Crippen LogP contribution >= 0.6 is 23.7 Å². The van der Waals surface area contributed by atoms with Crippen molar-refractivity contribution < 1.29 is 4.79 Å². The average Bonchev–Trinajstić information content (AvgIpc) is 3.00. The second kappa shape index (κ2) is 7.08. The van der Waals surface area contributed by atoms with Crippen molar-refractivity contribution in [3.63, 3.8) is 0 Å². The van der Waals surface area contributed by atoms with Crippen molar-refractivity contribution in [3.8, 4) is 0 Å². The monoisotopic (exact) mass is 300 g/mol. The highest BCUT2D eigenvalue weighted by Gasteiger charge is 2.39. The van der Waals surface area contributed by atoms with Gasteiger partial charge in [0.15, 0.2) is 0 Å². The molecule has 1 aliphatic rings. The summed E-state index contributed by atoms with van der Waals surface area (Å²) in [5.41, 5.74) is 6.76. The van der Waals surface area contributed by atoms with Gasteiger partial charge in [0, 0.05) is 13.1 Å². The van der Waals surface area contributed by atoms with Crippen LogP contribution in [0, 0.1) is 0 Å². The van der Waals surface area contributed by atoms with Crippen molar-refractivity contribution in [2.24, 2.45) is 5.73 Å². The standard InChI is InChI=1S/C14H20N2OS.ClH/c1-2-8-16(10-12-5-9-18-11-12)13(17)14(15)6-3-4-7-14;/h2,5,9,11H,1,3-4,6-8,10,15H2;1H. The normalized spacial score (nSPS) is 16.7. The zero-order valence-corrected chi connectivity index (χ0v) is 12.6. The molecule has 1 amide bonds. The van der Waals surface area contributed by atoms with Gasteiger partial charge in [-0.05, 0) is 35.2 Å². The number of nitrogens with two attached hydrogens (primary N) is 1. The average molecular weight is 301 g/mol. The first-order valence-corrected chi connectivity index (χ1v) is 7.30. The Bertz CT molecular complexity index is 413. The van der Waals surface area contributed by atoms with E-state index in [0.29, 0.717) is 13.1 Å². The smallest absolute Gasteiger partial charge is 0.243 e. The van der Waals surface area contributed by atoms with E-state index in [4.69, 9.17) is 5.73 Å². The van der Waals surface area contributed by atoms with E-state index in [0.717, 1.165) is 31.2 Å². The number of hydrogen-bond donors (Lipinski definition) is 1. The van der Waals surface area contributed by atoms with Gasteiger partial charge < -0.3 is 10.6 Å². The number of halogens is 1. The Hall–Kier alpha value is -0.840. The molecular formula is C14H21ClN2OS. The maximum Gasteiger partial charge on any atom is 0.243 e. The van der Waals surface area contributed by atoms with Gasteiger partial charge in [-0.1, -0.05) is 18.9 Å². The molecule has 0 atom stereocenters. The summed E-state index contributed by atoms with van der Waals surface area (Å²) in [5.74, 6) is 0.0751. The summed E-state index contributed by atoms with van der Waals surface area (Å²) in [6, 6.07) is 2.05. The Morgan fingerprint density at radius 1 is 1.53 bits per heavy atom. The third-order valence-corrected chi connectivity index (χ3v) is 4.24. The van der Waals surface area contributed by atoms with Crippen molar-refractivity contribution >= 4 is 29.7 Å². The van der Waals surface area contributed by atoms with E-state index in [-0.39, 0.29) is 18.3 Å². The van der Waals surface area contributed by atoms with Crippen LogP contribution in [0.4, 0.5) is 0 Å². The summed E-state index contributed by atoms with van der Waals surface area (Å²) in [4.78, 5) is 14.4. The maximum absolute atomic E-state index is 12.5. The summed E-state index contributed by atoms with van der Waals surface area (Å²) >= 11 is 1.65. The van der Waals surface area contributed by atoms with Crippen LogP contribution in [0.25, 0.3) is 0 Å². The molecule has 2 N–H and O–H groups in total. The Morgan fingerprint density at radius 3 is 2.74 bits per heavy atom. The Labute approximate surface area is 124 Å². The number of rotatable bonds is 5. The number of nitrogens with zero attached hydrogens (tertiary/aromatic N) is 1. The molecule has 0 spiro atoms. The number of amides is 1. The third kappa shape index (κ3) is 3.81. The molecule has 2 rings (SSSR count). The molecule has 1 fully saturated rings. The molecule has 0 unspecified atom stereocenters. The minimum absolute atomic E-state index is 0. The van der Waals surface area contributed by atoms with Crippen molar-refractivity contribution in [1.29, 1.82) is 0 Å². The highest BCUT2D eigenvalue weighted by molar-refractivity contribution is 7.07. The van der Waals surface area contributed by atoms with Gasteiger partial charge in [0.05, 0.1) is 5.54 Å². The van der Waals surface area contributed by atoms with Gasteiger partial charge in [-0.2, -0.15) is 11.3 Å². The summed E-state index contributed by atoms with van der Waals surface area (Å²) in [6.45, 7) is 4.92. The molecule has 0 bridgehead atoms. The molecule has 5 heteroatoms.